The molecule has 1 aromatic rings. The molecule has 0 amide bonds. The number of carbonyl (C=O) groups excluding carboxylic acids is 4. The Bertz CT molecular complexity index is 1090. The maximum Gasteiger partial charge on any atom is 0.338 e. The lowest BCUT2D eigenvalue weighted by Gasteiger charge is -2.57. The molecule has 6 nitrogen and oxygen atoms in total. The van der Waals surface area contributed by atoms with E-state index in [1.54, 1.807) is 36.4 Å². The summed E-state index contributed by atoms with van der Waals surface area (Å²) in [5.74, 6) is -0.972. The van der Waals surface area contributed by atoms with E-state index in [9.17, 15) is 24.3 Å². The molecule has 34 heavy (non-hydrogen) atoms. The molecule has 0 saturated heterocycles. The number of rotatable bonds is 4. The predicted octanol–water partition coefficient (Wildman–Crippen LogP) is 3.85. The van der Waals surface area contributed by atoms with Crippen LogP contribution in [0.15, 0.2) is 42.0 Å². The Morgan fingerprint density at radius 3 is 2.53 bits per heavy atom. The summed E-state index contributed by atoms with van der Waals surface area (Å²) in [4.78, 5) is 51.3. The van der Waals surface area contributed by atoms with Gasteiger partial charge in [0.15, 0.2) is 12.4 Å². The summed E-state index contributed by atoms with van der Waals surface area (Å²) in [7, 11) is 0. The molecular weight excluding hydrogens is 432 g/mol. The highest BCUT2D eigenvalue weighted by atomic mass is 16.5. The molecule has 180 valence electrons. The zero-order valence-corrected chi connectivity index (χ0v) is 19.8. The van der Waals surface area contributed by atoms with Crippen molar-refractivity contribution in [2.45, 2.75) is 64.4 Å². The van der Waals surface area contributed by atoms with Crippen molar-refractivity contribution in [3.05, 3.63) is 47.5 Å². The molecule has 0 bridgehead atoms. The molecule has 3 fully saturated rings. The van der Waals surface area contributed by atoms with Crippen LogP contribution in [0.4, 0.5) is 0 Å². The Balaban J connectivity index is 1.37. The number of Topliss-reactive ketones (excluding diaryl/α,β-unsaturated/α-hetero) is 2. The summed E-state index contributed by atoms with van der Waals surface area (Å²) in [5, 5.41) is 11.7. The van der Waals surface area contributed by atoms with Crippen LogP contribution in [-0.4, -0.2) is 40.6 Å². The first-order valence-electron chi connectivity index (χ1n) is 12.3. The molecule has 1 N–H and O–H groups in total. The Labute approximate surface area is 199 Å². The van der Waals surface area contributed by atoms with Crippen molar-refractivity contribution < 1.29 is 29.0 Å². The van der Waals surface area contributed by atoms with E-state index < -0.39 is 29.4 Å². The van der Waals surface area contributed by atoms with E-state index in [2.05, 4.69) is 6.92 Å². The predicted molar refractivity (Wildman–Crippen MR) is 124 cm³/mol. The molecule has 0 heterocycles. The maximum absolute atomic E-state index is 13.7. The molecule has 3 saturated carbocycles. The van der Waals surface area contributed by atoms with Crippen LogP contribution in [0.2, 0.25) is 0 Å². The first-order chi connectivity index (χ1) is 16.1. The van der Waals surface area contributed by atoms with Crippen LogP contribution in [0.1, 0.15) is 69.2 Å². The van der Waals surface area contributed by atoms with E-state index in [0.29, 0.717) is 24.8 Å². The largest absolute Gasteiger partial charge is 0.454 e. The van der Waals surface area contributed by atoms with Gasteiger partial charge >= 0.3 is 5.97 Å². The third-order valence-corrected chi connectivity index (χ3v) is 9.61. The molecule has 0 unspecified atom stereocenters. The summed E-state index contributed by atoms with van der Waals surface area (Å²) in [6, 6.07) is 8.43. The summed E-state index contributed by atoms with van der Waals surface area (Å²) in [6.45, 7) is 3.48. The number of esters is 1. The molecule has 0 aromatic heterocycles. The third kappa shape index (κ3) is 3.25. The Hall–Kier alpha value is -2.60. The van der Waals surface area contributed by atoms with Crippen molar-refractivity contribution >= 4 is 23.3 Å². The van der Waals surface area contributed by atoms with Gasteiger partial charge < -0.3 is 9.84 Å². The number of ketones is 3. The van der Waals surface area contributed by atoms with Crippen LogP contribution in [-0.2, 0) is 19.1 Å². The van der Waals surface area contributed by atoms with Crippen LogP contribution in [0.3, 0.4) is 0 Å². The van der Waals surface area contributed by atoms with Gasteiger partial charge in [0.25, 0.3) is 0 Å². The summed E-state index contributed by atoms with van der Waals surface area (Å²) in [6.07, 6.45) is 5.54. The average molecular weight is 465 g/mol. The van der Waals surface area contributed by atoms with Gasteiger partial charge in [-0.15, -0.1) is 0 Å². The number of carbonyl (C=O) groups is 4. The fourth-order valence-corrected chi connectivity index (χ4v) is 7.75. The lowest BCUT2D eigenvalue weighted by molar-refractivity contribution is -0.170. The minimum absolute atomic E-state index is 0.0324. The SMILES string of the molecule is C[C@]12CCC(=O)C=C1CC[C@@H]1[C@@H]2C(=O)C[C@@]2(C)[C@H]1CC[C@]2(O)C(=O)COC(=O)c1ccccc1. The topological polar surface area (TPSA) is 97.7 Å². The van der Waals surface area contributed by atoms with E-state index in [0.717, 1.165) is 18.4 Å². The standard InChI is InChI=1S/C28H32O6/c1-26-12-10-19(29)14-18(26)8-9-20-21-11-13-28(33,27(21,2)15-22(30)24(20)26)23(31)16-34-25(32)17-6-4-3-5-7-17/h3-7,14,20-21,24,33H,8-13,15-16H2,1-2H3/t20-,21-,24+,26-,27-,28-/m0/s1. The molecular formula is C28H32O6. The van der Waals surface area contributed by atoms with Crippen LogP contribution >= 0.6 is 0 Å². The summed E-state index contributed by atoms with van der Waals surface area (Å²) < 4.78 is 5.25. The number of hydrogen-bond acceptors (Lipinski definition) is 6. The maximum atomic E-state index is 13.7. The van der Waals surface area contributed by atoms with Gasteiger partial charge in [-0.25, -0.2) is 4.79 Å². The lowest BCUT2D eigenvalue weighted by Crippen LogP contribution is -2.61. The third-order valence-electron chi connectivity index (χ3n) is 9.61. The summed E-state index contributed by atoms with van der Waals surface area (Å²) in [5.41, 5.74) is -1.46. The highest BCUT2D eigenvalue weighted by Gasteiger charge is 2.68. The van der Waals surface area contributed by atoms with Crippen molar-refractivity contribution in [3.8, 4) is 0 Å². The highest BCUT2D eigenvalue weighted by Crippen LogP contribution is 2.66. The zero-order chi connectivity index (χ0) is 24.3. The van der Waals surface area contributed by atoms with E-state index in [4.69, 9.17) is 4.74 Å². The molecule has 0 spiro atoms. The fourth-order valence-electron chi connectivity index (χ4n) is 7.75. The monoisotopic (exact) mass is 464 g/mol. The number of aliphatic hydroxyl groups is 1. The molecule has 6 atom stereocenters. The second-order valence-corrected chi connectivity index (χ2v) is 11.2. The highest BCUT2D eigenvalue weighted by molar-refractivity contribution is 5.96. The van der Waals surface area contributed by atoms with E-state index >= 15 is 0 Å². The van der Waals surface area contributed by atoms with Crippen LogP contribution < -0.4 is 0 Å². The van der Waals surface area contributed by atoms with Gasteiger partial charge in [-0.2, -0.15) is 0 Å². The Morgan fingerprint density at radius 2 is 1.79 bits per heavy atom. The smallest absolute Gasteiger partial charge is 0.338 e. The van der Waals surface area contributed by atoms with Gasteiger partial charge in [0.05, 0.1) is 5.56 Å². The normalized spacial score (nSPS) is 38.9. The fraction of sp³-hybridized carbons (Fsp3) is 0.571. The van der Waals surface area contributed by atoms with Gasteiger partial charge in [0.2, 0.25) is 5.78 Å². The van der Waals surface area contributed by atoms with Crippen LogP contribution in [0.5, 0.6) is 0 Å². The quantitative estimate of drug-likeness (QED) is 0.680. The van der Waals surface area contributed by atoms with E-state index in [1.165, 1.54) is 0 Å². The van der Waals surface area contributed by atoms with Gasteiger partial charge in [0, 0.05) is 24.2 Å². The van der Waals surface area contributed by atoms with Crippen molar-refractivity contribution in [1.29, 1.82) is 0 Å². The van der Waals surface area contributed by atoms with E-state index in [-0.39, 0.29) is 47.6 Å². The number of ether oxygens (including phenoxy) is 1. The molecule has 1 aromatic carbocycles. The van der Waals surface area contributed by atoms with Crippen LogP contribution in [0.25, 0.3) is 0 Å². The lowest BCUT2D eigenvalue weighted by atomic mass is 9.46. The molecule has 5 rings (SSSR count). The Kier molecular flexibility index (Phi) is 5.43. The van der Waals surface area contributed by atoms with Crippen LogP contribution in [0, 0.1) is 28.6 Å². The van der Waals surface area contributed by atoms with Crippen molar-refractivity contribution in [2.24, 2.45) is 28.6 Å². The first kappa shape index (κ1) is 23.2. The minimum atomic E-state index is -1.70. The Morgan fingerprint density at radius 1 is 1.06 bits per heavy atom. The first-order valence-corrected chi connectivity index (χ1v) is 12.3. The van der Waals surface area contributed by atoms with Crippen molar-refractivity contribution in [3.63, 3.8) is 0 Å². The number of benzene rings is 1. The molecule has 4 aliphatic rings. The second-order valence-electron chi connectivity index (χ2n) is 11.2. The molecule has 6 heteroatoms. The molecule has 4 aliphatic carbocycles. The second kappa shape index (κ2) is 7.98. The van der Waals surface area contributed by atoms with Gasteiger partial charge in [-0.1, -0.05) is 37.6 Å². The molecule has 0 radical (unpaired) electrons. The van der Waals surface area contributed by atoms with Gasteiger partial charge in [-0.3, -0.25) is 14.4 Å². The van der Waals surface area contributed by atoms with Crippen molar-refractivity contribution in [2.75, 3.05) is 6.61 Å². The number of hydrogen-bond donors (Lipinski definition) is 1. The molecule has 0 aliphatic heterocycles. The minimum Gasteiger partial charge on any atom is -0.454 e. The van der Waals surface area contributed by atoms with Crippen molar-refractivity contribution in [1.82, 2.24) is 0 Å². The number of allylic oxidation sites excluding steroid dienone is 1. The summed E-state index contributed by atoms with van der Waals surface area (Å²) >= 11 is 0. The van der Waals surface area contributed by atoms with Gasteiger partial charge in [0.1, 0.15) is 11.4 Å². The van der Waals surface area contributed by atoms with Gasteiger partial charge in [-0.05, 0) is 67.6 Å². The average Bonchev–Trinajstić information content (AvgIpc) is 3.09. The van der Waals surface area contributed by atoms with E-state index in [1.807, 2.05) is 6.92 Å². The zero-order valence-electron chi connectivity index (χ0n) is 19.8. The number of fused-ring (bicyclic) bond motifs is 5.